The fraction of sp³-hybridized carbons (Fsp3) is 0.167. The van der Waals surface area contributed by atoms with Gasteiger partial charge in [-0.2, -0.15) is 0 Å². The van der Waals surface area contributed by atoms with Crippen molar-refractivity contribution >= 4 is 16.6 Å². The lowest BCUT2D eigenvalue weighted by atomic mass is 10.0. The molecular weight excluding hydrogens is 244 g/mol. The van der Waals surface area contributed by atoms with Crippen molar-refractivity contribution in [2.75, 3.05) is 11.9 Å². The minimum absolute atomic E-state index is 0.981. The van der Waals surface area contributed by atoms with Gasteiger partial charge in [-0.05, 0) is 18.1 Å². The van der Waals surface area contributed by atoms with Crippen LogP contribution in [0.4, 0.5) is 5.69 Å². The Kier molecular flexibility index (Phi) is 3.64. The highest BCUT2D eigenvalue weighted by atomic mass is 14.9. The molecular formula is C18H18N2. The average molecular weight is 262 g/mol. The SMILES string of the molecule is CCCNc1ccnc2c(-c3ccccc3)cccc12. The number of fused-ring (bicyclic) bond motifs is 1. The van der Waals surface area contributed by atoms with Gasteiger partial charge in [-0.3, -0.25) is 4.98 Å². The van der Waals surface area contributed by atoms with Gasteiger partial charge in [-0.15, -0.1) is 0 Å². The number of aromatic nitrogens is 1. The Hall–Kier alpha value is -2.35. The fourth-order valence-corrected chi connectivity index (χ4v) is 2.44. The summed E-state index contributed by atoms with van der Waals surface area (Å²) in [5.41, 5.74) is 4.61. The first-order chi connectivity index (χ1) is 9.90. The number of anilines is 1. The average Bonchev–Trinajstić information content (AvgIpc) is 2.53. The zero-order valence-corrected chi connectivity index (χ0v) is 11.6. The maximum Gasteiger partial charge on any atom is 0.0801 e. The molecule has 0 aliphatic carbocycles. The highest BCUT2D eigenvalue weighted by Crippen LogP contribution is 2.30. The van der Waals surface area contributed by atoms with E-state index in [2.05, 4.69) is 59.7 Å². The van der Waals surface area contributed by atoms with Gasteiger partial charge in [0.05, 0.1) is 5.52 Å². The summed E-state index contributed by atoms with van der Waals surface area (Å²) in [4.78, 5) is 4.59. The molecule has 1 aromatic heterocycles. The van der Waals surface area contributed by atoms with Crippen LogP contribution in [0.2, 0.25) is 0 Å². The summed E-state index contributed by atoms with van der Waals surface area (Å²) in [5.74, 6) is 0. The second kappa shape index (κ2) is 5.74. The minimum Gasteiger partial charge on any atom is -0.384 e. The van der Waals surface area contributed by atoms with Crippen molar-refractivity contribution in [2.45, 2.75) is 13.3 Å². The van der Waals surface area contributed by atoms with Crippen LogP contribution in [0.5, 0.6) is 0 Å². The van der Waals surface area contributed by atoms with Gasteiger partial charge in [-0.1, -0.05) is 55.5 Å². The Morgan fingerprint density at radius 3 is 2.60 bits per heavy atom. The van der Waals surface area contributed by atoms with Crippen molar-refractivity contribution in [3.63, 3.8) is 0 Å². The Balaban J connectivity index is 2.16. The van der Waals surface area contributed by atoms with Gasteiger partial charge >= 0.3 is 0 Å². The van der Waals surface area contributed by atoms with E-state index in [1.165, 1.54) is 16.5 Å². The quantitative estimate of drug-likeness (QED) is 0.735. The topological polar surface area (TPSA) is 24.9 Å². The molecule has 0 fully saturated rings. The van der Waals surface area contributed by atoms with Crippen molar-refractivity contribution in [2.24, 2.45) is 0 Å². The molecule has 1 N–H and O–H groups in total. The van der Waals surface area contributed by atoms with Crippen LogP contribution in [-0.4, -0.2) is 11.5 Å². The highest BCUT2D eigenvalue weighted by molar-refractivity contribution is 6.00. The van der Waals surface area contributed by atoms with Crippen molar-refractivity contribution in [3.05, 3.63) is 60.8 Å². The lowest BCUT2D eigenvalue weighted by Gasteiger charge is -2.11. The Bertz CT molecular complexity index is 705. The molecule has 0 saturated heterocycles. The molecule has 0 radical (unpaired) electrons. The molecule has 3 rings (SSSR count). The molecule has 2 nitrogen and oxygen atoms in total. The lowest BCUT2D eigenvalue weighted by Crippen LogP contribution is -2.00. The van der Waals surface area contributed by atoms with Crippen LogP contribution < -0.4 is 5.32 Å². The van der Waals surface area contributed by atoms with Crippen molar-refractivity contribution in [1.29, 1.82) is 0 Å². The second-order valence-corrected chi connectivity index (χ2v) is 4.85. The van der Waals surface area contributed by atoms with Gasteiger partial charge in [0.2, 0.25) is 0 Å². The van der Waals surface area contributed by atoms with E-state index in [1.807, 2.05) is 18.3 Å². The largest absolute Gasteiger partial charge is 0.384 e. The lowest BCUT2D eigenvalue weighted by molar-refractivity contribution is 0.981. The summed E-state index contributed by atoms with van der Waals surface area (Å²) in [6, 6.07) is 18.8. The van der Waals surface area contributed by atoms with Gasteiger partial charge in [-0.25, -0.2) is 0 Å². The third kappa shape index (κ3) is 2.37. The molecule has 3 aromatic rings. The molecule has 100 valence electrons. The van der Waals surface area contributed by atoms with Crippen LogP contribution in [0.1, 0.15) is 13.3 Å². The van der Waals surface area contributed by atoms with Crippen LogP contribution in [0.15, 0.2) is 60.8 Å². The van der Waals surface area contributed by atoms with E-state index >= 15 is 0 Å². The zero-order chi connectivity index (χ0) is 13.8. The molecule has 0 spiro atoms. The normalized spacial score (nSPS) is 10.7. The first kappa shape index (κ1) is 12.7. The minimum atomic E-state index is 0.981. The molecule has 0 saturated carbocycles. The molecule has 2 aromatic carbocycles. The van der Waals surface area contributed by atoms with Gasteiger partial charge in [0.15, 0.2) is 0 Å². The third-order valence-corrected chi connectivity index (χ3v) is 3.42. The van der Waals surface area contributed by atoms with E-state index in [-0.39, 0.29) is 0 Å². The van der Waals surface area contributed by atoms with Crippen LogP contribution in [-0.2, 0) is 0 Å². The van der Waals surface area contributed by atoms with E-state index in [0.29, 0.717) is 0 Å². The summed E-state index contributed by atoms with van der Waals surface area (Å²) in [6.07, 6.45) is 2.99. The molecule has 0 atom stereocenters. The van der Waals surface area contributed by atoms with E-state index in [1.54, 1.807) is 0 Å². The molecule has 2 heteroatoms. The van der Waals surface area contributed by atoms with Gasteiger partial charge in [0.1, 0.15) is 0 Å². The number of para-hydroxylation sites is 1. The maximum atomic E-state index is 4.59. The molecule has 0 unspecified atom stereocenters. The standard InChI is InChI=1S/C18H18N2/c1-2-12-19-17-11-13-20-18-15(9-6-10-16(17)18)14-7-4-3-5-8-14/h3-11,13H,2,12H2,1H3,(H,19,20). The molecule has 1 heterocycles. The van der Waals surface area contributed by atoms with Gasteiger partial charge in [0.25, 0.3) is 0 Å². The van der Waals surface area contributed by atoms with Crippen LogP contribution in [0, 0.1) is 0 Å². The second-order valence-electron chi connectivity index (χ2n) is 4.85. The molecule has 0 aliphatic rings. The fourth-order valence-electron chi connectivity index (χ4n) is 2.44. The van der Waals surface area contributed by atoms with E-state index in [9.17, 15) is 0 Å². The van der Waals surface area contributed by atoms with Gasteiger partial charge in [0, 0.05) is 29.4 Å². The number of benzene rings is 2. The number of nitrogens with zero attached hydrogens (tertiary/aromatic N) is 1. The number of hydrogen-bond acceptors (Lipinski definition) is 2. The Morgan fingerprint density at radius 2 is 1.80 bits per heavy atom. The van der Waals surface area contributed by atoms with Crippen molar-refractivity contribution in [1.82, 2.24) is 4.98 Å². The summed E-state index contributed by atoms with van der Waals surface area (Å²) in [6.45, 7) is 3.15. The van der Waals surface area contributed by atoms with Crippen LogP contribution >= 0.6 is 0 Å². The molecule has 0 aliphatic heterocycles. The predicted octanol–water partition coefficient (Wildman–Crippen LogP) is 4.72. The Morgan fingerprint density at radius 1 is 0.950 bits per heavy atom. The summed E-state index contributed by atoms with van der Waals surface area (Å²) < 4.78 is 0. The van der Waals surface area contributed by atoms with Gasteiger partial charge < -0.3 is 5.32 Å². The number of pyridine rings is 1. The Labute approximate surface area is 119 Å². The molecule has 0 amide bonds. The number of nitrogens with one attached hydrogen (secondary N) is 1. The van der Waals surface area contributed by atoms with E-state index in [4.69, 9.17) is 0 Å². The van der Waals surface area contributed by atoms with Crippen molar-refractivity contribution < 1.29 is 0 Å². The van der Waals surface area contributed by atoms with Crippen LogP contribution in [0.25, 0.3) is 22.0 Å². The first-order valence-corrected chi connectivity index (χ1v) is 7.07. The monoisotopic (exact) mass is 262 g/mol. The van der Waals surface area contributed by atoms with Crippen molar-refractivity contribution in [3.8, 4) is 11.1 Å². The highest BCUT2D eigenvalue weighted by Gasteiger charge is 2.07. The zero-order valence-electron chi connectivity index (χ0n) is 11.6. The summed E-state index contributed by atoms with van der Waals surface area (Å²) in [5, 5.41) is 4.66. The van der Waals surface area contributed by atoms with E-state index < -0.39 is 0 Å². The molecule has 0 bridgehead atoms. The summed E-state index contributed by atoms with van der Waals surface area (Å²) in [7, 11) is 0. The van der Waals surface area contributed by atoms with Crippen LogP contribution in [0.3, 0.4) is 0 Å². The smallest absolute Gasteiger partial charge is 0.0801 e. The molecule has 20 heavy (non-hydrogen) atoms. The number of hydrogen-bond donors (Lipinski definition) is 1. The summed E-state index contributed by atoms with van der Waals surface area (Å²) >= 11 is 0. The maximum absolute atomic E-state index is 4.59. The third-order valence-electron chi connectivity index (χ3n) is 3.42. The number of rotatable bonds is 4. The first-order valence-electron chi connectivity index (χ1n) is 7.07. The van der Waals surface area contributed by atoms with E-state index in [0.717, 1.165) is 24.2 Å². The predicted molar refractivity (Wildman–Crippen MR) is 86.0 cm³/mol.